The SMILES string of the molecule is CO[C@H]1O[C@H](COCc2ccccc2)[C@@H](O[C@@H]2CCCCO2)[C@H](OCc2ccccc2)[C@H]1OCc1ccccc1. The normalized spacial score (nSPS) is 26.9. The van der Waals surface area contributed by atoms with Crippen LogP contribution in [0, 0.1) is 0 Å². The molecule has 7 heteroatoms. The van der Waals surface area contributed by atoms with E-state index in [9.17, 15) is 0 Å². The molecule has 2 aliphatic heterocycles. The fourth-order valence-corrected chi connectivity index (χ4v) is 5.13. The van der Waals surface area contributed by atoms with Crippen LogP contribution in [0.15, 0.2) is 91.0 Å². The van der Waals surface area contributed by atoms with E-state index in [4.69, 9.17) is 33.2 Å². The molecule has 0 aliphatic carbocycles. The highest BCUT2D eigenvalue weighted by Gasteiger charge is 2.49. The molecule has 2 heterocycles. The van der Waals surface area contributed by atoms with E-state index in [-0.39, 0.29) is 6.29 Å². The van der Waals surface area contributed by atoms with Crippen molar-refractivity contribution in [3.8, 4) is 0 Å². The molecular formula is C33H40O7. The molecule has 0 aromatic heterocycles. The Labute approximate surface area is 237 Å². The summed E-state index contributed by atoms with van der Waals surface area (Å²) in [6.45, 7) is 2.24. The number of rotatable bonds is 13. The highest BCUT2D eigenvalue weighted by atomic mass is 16.7. The summed E-state index contributed by atoms with van der Waals surface area (Å²) in [5.74, 6) is 0. The van der Waals surface area contributed by atoms with Crippen molar-refractivity contribution in [2.75, 3.05) is 20.3 Å². The van der Waals surface area contributed by atoms with E-state index in [1.807, 2.05) is 91.0 Å². The second-order valence-corrected chi connectivity index (χ2v) is 10.2. The van der Waals surface area contributed by atoms with Gasteiger partial charge >= 0.3 is 0 Å². The number of hydrogen-bond donors (Lipinski definition) is 0. The molecule has 3 aromatic carbocycles. The molecule has 0 N–H and O–H groups in total. The van der Waals surface area contributed by atoms with E-state index in [1.54, 1.807) is 7.11 Å². The molecule has 2 saturated heterocycles. The third kappa shape index (κ3) is 8.21. The lowest BCUT2D eigenvalue weighted by molar-refractivity contribution is -0.341. The van der Waals surface area contributed by atoms with Crippen molar-refractivity contribution in [3.05, 3.63) is 108 Å². The maximum atomic E-state index is 6.64. The zero-order chi connectivity index (χ0) is 27.4. The highest BCUT2D eigenvalue weighted by Crippen LogP contribution is 2.32. The third-order valence-corrected chi connectivity index (χ3v) is 7.23. The van der Waals surface area contributed by atoms with E-state index in [0.29, 0.717) is 33.0 Å². The second-order valence-electron chi connectivity index (χ2n) is 10.2. The second kappa shape index (κ2) is 15.4. The summed E-state index contributed by atoms with van der Waals surface area (Å²) in [5.41, 5.74) is 3.21. The van der Waals surface area contributed by atoms with Crippen LogP contribution in [0.1, 0.15) is 36.0 Å². The van der Waals surface area contributed by atoms with Crippen LogP contribution in [0.5, 0.6) is 0 Å². The predicted molar refractivity (Wildman–Crippen MR) is 150 cm³/mol. The zero-order valence-electron chi connectivity index (χ0n) is 23.1. The minimum absolute atomic E-state index is 0.308. The molecule has 40 heavy (non-hydrogen) atoms. The summed E-state index contributed by atoms with van der Waals surface area (Å²) in [6, 6.07) is 30.3. The summed E-state index contributed by atoms with van der Waals surface area (Å²) >= 11 is 0. The van der Waals surface area contributed by atoms with Crippen molar-refractivity contribution in [3.63, 3.8) is 0 Å². The molecule has 2 aliphatic rings. The van der Waals surface area contributed by atoms with Gasteiger partial charge in [0, 0.05) is 13.7 Å². The average Bonchev–Trinajstić information content (AvgIpc) is 3.02. The Kier molecular flexibility index (Phi) is 11.1. The first-order valence-corrected chi connectivity index (χ1v) is 14.2. The fourth-order valence-electron chi connectivity index (χ4n) is 5.13. The van der Waals surface area contributed by atoms with Crippen molar-refractivity contribution < 1.29 is 33.2 Å². The Morgan fingerprint density at radius 1 is 0.675 bits per heavy atom. The largest absolute Gasteiger partial charge is 0.374 e. The van der Waals surface area contributed by atoms with E-state index >= 15 is 0 Å². The monoisotopic (exact) mass is 548 g/mol. The van der Waals surface area contributed by atoms with Crippen LogP contribution in [-0.4, -0.2) is 57.3 Å². The van der Waals surface area contributed by atoms with Gasteiger partial charge in [-0.2, -0.15) is 0 Å². The average molecular weight is 549 g/mol. The molecule has 0 radical (unpaired) electrons. The summed E-state index contributed by atoms with van der Waals surface area (Å²) in [4.78, 5) is 0. The van der Waals surface area contributed by atoms with Gasteiger partial charge in [0.05, 0.1) is 26.4 Å². The number of hydrogen-bond acceptors (Lipinski definition) is 7. The van der Waals surface area contributed by atoms with Gasteiger partial charge in [-0.05, 0) is 36.0 Å². The minimum atomic E-state index is -0.665. The van der Waals surface area contributed by atoms with Crippen LogP contribution < -0.4 is 0 Å². The lowest BCUT2D eigenvalue weighted by Gasteiger charge is -2.46. The quantitative estimate of drug-likeness (QED) is 0.273. The van der Waals surface area contributed by atoms with Crippen LogP contribution >= 0.6 is 0 Å². The van der Waals surface area contributed by atoms with Crippen LogP contribution in [0.25, 0.3) is 0 Å². The first kappa shape index (κ1) is 28.9. The third-order valence-electron chi connectivity index (χ3n) is 7.23. The van der Waals surface area contributed by atoms with Crippen LogP contribution in [0.2, 0.25) is 0 Å². The summed E-state index contributed by atoms with van der Waals surface area (Å²) in [7, 11) is 1.63. The standard InChI is InChI=1S/C33H40O7/c1-34-33-32(38-23-27-17-9-4-10-18-27)31(37-22-26-15-7-3-8-16-26)30(40-29-19-11-12-20-36-29)28(39-33)24-35-21-25-13-5-2-6-14-25/h2-10,13-18,28-33H,11-12,19-24H2,1H3/t28-,29-,30-,31+,32-,33+/m1/s1. The van der Waals surface area contributed by atoms with Crippen LogP contribution in [-0.2, 0) is 53.0 Å². The van der Waals surface area contributed by atoms with E-state index in [0.717, 1.165) is 36.0 Å². The van der Waals surface area contributed by atoms with Gasteiger partial charge in [0.2, 0.25) is 0 Å². The number of ether oxygens (including phenoxy) is 7. The van der Waals surface area contributed by atoms with Gasteiger partial charge in [0.1, 0.15) is 24.4 Å². The fraction of sp³-hybridized carbons (Fsp3) is 0.455. The molecule has 214 valence electrons. The van der Waals surface area contributed by atoms with E-state index in [2.05, 4.69) is 0 Å². The highest BCUT2D eigenvalue weighted by molar-refractivity contribution is 5.15. The molecule has 5 rings (SSSR count). The Balaban J connectivity index is 1.37. The van der Waals surface area contributed by atoms with Crippen molar-refractivity contribution >= 4 is 0 Å². The van der Waals surface area contributed by atoms with Gasteiger partial charge in [-0.15, -0.1) is 0 Å². The first-order valence-electron chi connectivity index (χ1n) is 14.2. The molecule has 0 saturated carbocycles. The molecule has 0 amide bonds. The molecule has 3 aromatic rings. The van der Waals surface area contributed by atoms with Gasteiger partial charge in [-0.25, -0.2) is 0 Å². The van der Waals surface area contributed by atoms with Crippen molar-refractivity contribution in [1.29, 1.82) is 0 Å². The Bertz CT molecular complexity index is 1090. The maximum Gasteiger partial charge on any atom is 0.186 e. The molecular weight excluding hydrogens is 508 g/mol. The zero-order valence-corrected chi connectivity index (χ0v) is 23.1. The molecule has 0 unspecified atom stereocenters. The van der Waals surface area contributed by atoms with Gasteiger partial charge in [0.15, 0.2) is 12.6 Å². The maximum absolute atomic E-state index is 6.64. The topological polar surface area (TPSA) is 64.6 Å². The molecule has 0 spiro atoms. The first-order chi connectivity index (χ1) is 19.8. The van der Waals surface area contributed by atoms with Gasteiger partial charge in [0.25, 0.3) is 0 Å². The number of methoxy groups -OCH3 is 1. The summed E-state index contributed by atoms with van der Waals surface area (Å²) < 4.78 is 44.2. The molecule has 2 fully saturated rings. The predicted octanol–water partition coefficient (Wildman–Crippen LogP) is 5.66. The Morgan fingerprint density at radius 2 is 1.25 bits per heavy atom. The van der Waals surface area contributed by atoms with Crippen LogP contribution in [0.3, 0.4) is 0 Å². The Morgan fingerprint density at radius 3 is 1.80 bits per heavy atom. The van der Waals surface area contributed by atoms with E-state index in [1.165, 1.54) is 0 Å². The summed E-state index contributed by atoms with van der Waals surface area (Å²) in [6.07, 6.45) is -0.0525. The van der Waals surface area contributed by atoms with Crippen molar-refractivity contribution in [1.82, 2.24) is 0 Å². The van der Waals surface area contributed by atoms with E-state index < -0.39 is 30.7 Å². The number of benzene rings is 3. The smallest absolute Gasteiger partial charge is 0.186 e. The summed E-state index contributed by atoms with van der Waals surface area (Å²) in [5, 5.41) is 0. The molecule has 0 bridgehead atoms. The lowest BCUT2D eigenvalue weighted by Crippen LogP contribution is -2.62. The van der Waals surface area contributed by atoms with Crippen molar-refractivity contribution in [2.45, 2.75) is 76.1 Å². The Hall–Kier alpha value is -2.62. The van der Waals surface area contributed by atoms with Crippen molar-refractivity contribution in [2.24, 2.45) is 0 Å². The molecule has 6 atom stereocenters. The lowest BCUT2D eigenvalue weighted by atomic mass is 9.97. The van der Waals surface area contributed by atoms with Gasteiger partial charge < -0.3 is 33.2 Å². The van der Waals surface area contributed by atoms with Gasteiger partial charge in [-0.1, -0.05) is 91.0 Å². The minimum Gasteiger partial charge on any atom is -0.374 e. The van der Waals surface area contributed by atoms with Crippen LogP contribution in [0.4, 0.5) is 0 Å². The van der Waals surface area contributed by atoms with Gasteiger partial charge in [-0.3, -0.25) is 0 Å². The molecule has 7 nitrogen and oxygen atoms in total.